The number of benzene rings is 2. The molecule has 25 heavy (non-hydrogen) atoms. The van der Waals surface area contributed by atoms with Crippen LogP contribution in [0.1, 0.15) is 52.6 Å². The second kappa shape index (κ2) is 7.34. The molecular formula is C21H24N2O2. The van der Waals surface area contributed by atoms with E-state index in [9.17, 15) is 9.59 Å². The third-order valence-electron chi connectivity index (χ3n) is 3.76. The van der Waals surface area contributed by atoms with Crippen molar-refractivity contribution in [3.8, 4) is 0 Å². The first-order valence-electron chi connectivity index (χ1n) is 8.17. The average molecular weight is 336 g/mol. The van der Waals surface area contributed by atoms with Crippen molar-refractivity contribution in [3.63, 3.8) is 0 Å². The second-order valence-corrected chi connectivity index (χ2v) is 6.95. The molecule has 2 aromatic carbocycles. The molecule has 0 heterocycles. The maximum absolute atomic E-state index is 12.9. The molecule has 0 atom stereocenters. The maximum Gasteiger partial charge on any atom is 0.272 e. The highest BCUT2D eigenvalue weighted by Crippen LogP contribution is 2.17. The van der Waals surface area contributed by atoms with Gasteiger partial charge in [0.25, 0.3) is 11.8 Å². The van der Waals surface area contributed by atoms with Crippen molar-refractivity contribution in [2.24, 2.45) is 0 Å². The quantitative estimate of drug-likeness (QED) is 0.853. The fourth-order valence-corrected chi connectivity index (χ4v) is 2.37. The van der Waals surface area contributed by atoms with E-state index in [4.69, 9.17) is 0 Å². The zero-order valence-corrected chi connectivity index (χ0v) is 15.2. The number of hydrogen-bond donors (Lipinski definition) is 1. The van der Waals surface area contributed by atoms with Gasteiger partial charge in [0.15, 0.2) is 0 Å². The summed E-state index contributed by atoms with van der Waals surface area (Å²) in [6.45, 7) is 11.3. The molecule has 0 fully saturated rings. The van der Waals surface area contributed by atoms with Crippen LogP contribution in [0.3, 0.4) is 0 Å². The Balaban J connectivity index is 2.27. The van der Waals surface area contributed by atoms with Crippen LogP contribution >= 0.6 is 0 Å². The van der Waals surface area contributed by atoms with Crippen molar-refractivity contribution in [1.29, 1.82) is 0 Å². The summed E-state index contributed by atoms with van der Waals surface area (Å²) in [5, 5.41) is 1.38. The first-order valence-corrected chi connectivity index (χ1v) is 8.17. The largest absolute Gasteiger partial charge is 0.272 e. The van der Waals surface area contributed by atoms with Gasteiger partial charge in [0.2, 0.25) is 0 Å². The summed E-state index contributed by atoms with van der Waals surface area (Å²) < 4.78 is 0. The molecule has 0 spiro atoms. The van der Waals surface area contributed by atoms with E-state index in [1.807, 2.05) is 58.0 Å². The van der Waals surface area contributed by atoms with Crippen molar-refractivity contribution in [3.05, 3.63) is 77.4 Å². The molecule has 4 nitrogen and oxygen atoms in total. The lowest BCUT2D eigenvalue weighted by molar-refractivity contribution is 0.0358. The van der Waals surface area contributed by atoms with E-state index < -0.39 is 5.54 Å². The number of carbonyl (C=O) groups is 2. The Labute approximate surface area is 149 Å². The first-order chi connectivity index (χ1) is 11.7. The topological polar surface area (TPSA) is 49.4 Å². The highest BCUT2D eigenvalue weighted by Gasteiger charge is 2.29. The molecule has 2 rings (SSSR count). The molecule has 0 unspecified atom stereocenters. The van der Waals surface area contributed by atoms with E-state index >= 15 is 0 Å². The monoisotopic (exact) mass is 336 g/mol. The fourth-order valence-electron chi connectivity index (χ4n) is 2.37. The van der Waals surface area contributed by atoms with Crippen LogP contribution in [0.2, 0.25) is 0 Å². The molecule has 0 aliphatic heterocycles. The van der Waals surface area contributed by atoms with E-state index in [1.54, 1.807) is 24.3 Å². The normalized spacial score (nSPS) is 10.9. The summed E-state index contributed by atoms with van der Waals surface area (Å²) in [7, 11) is 0. The SMILES string of the molecule is C=Cc1ccc(C(=O)NN(C(=O)c2cccc(C)c2)C(C)(C)C)cc1. The Morgan fingerprint density at radius 2 is 1.68 bits per heavy atom. The molecule has 0 aromatic heterocycles. The van der Waals surface area contributed by atoms with E-state index in [0.29, 0.717) is 11.1 Å². The minimum absolute atomic E-state index is 0.243. The standard InChI is InChI=1S/C21H24N2O2/c1-6-16-10-12-17(13-11-16)19(24)22-23(21(3,4)5)20(25)18-9-7-8-15(2)14-18/h6-14H,1H2,2-5H3,(H,22,24). The number of carbonyl (C=O) groups excluding carboxylic acids is 2. The third kappa shape index (κ3) is 4.57. The number of hydrogen-bond acceptors (Lipinski definition) is 2. The zero-order chi connectivity index (χ0) is 18.6. The van der Waals surface area contributed by atoms with Gasteiger partial charge in [-0.25, -0.2) is 5.01 Å². The molecule has 2 aromatic rings. The molecule has 0 aliphatic carbocycles. The van der Waals surface area contributed by atoms with Crippen LogP contribution in [0.4, 0.5) is 0 Å². The van der Waals surface area contributed by atoms with Crippen LogP contribution in [0.25, 0.3) is 6.08 Å². The number of aryl methyl sites for hydroxylation is 1. The van der Waals surface area contributed by atoms with E-state index in [-0.39, 0.29) is 11.8 Å². The molecule has 0 aliphatic rings. The fraction of sp³-hybridized carbons (Fsp3) is 0.238. The van der Waals surface area contributed by atoms with Crippen molar-refractivity contribution < 1.29 is 9.59 Å². The van der Waals surface area contributed by atoms with E-state index in [2.05, 4.69) is 12.0 Å². The summed E-state index contributed by atoms with van der Waals surface area (Å²) in [6, 6.07) is 14.4. The Bertz CT molecular complexity index is 786. The third-order valence-corrected chi connectivity index (χ3v) is 3.76. The van der Waals surface area contributed by atoms with E-state index in [1.165, 1.54) is 5.01 Å². The minimum Gasteiger partial charge on any atom is -0.267 e. The number of nitrogens with one attached hydrogen (secondary N) is 1. The Morgan fingerprint density at radius 1 is 1.04 bits per heavy atom. The van der Waals surface area contributed by atoms with Crippen LogP contribution in [0, 0.1) is 6.92 Å². The highest BCUT2D eigenvalue weighted by atomic mass is 16.2. The summed E-state index contributed by atoms with van der Waals surface area (Å²) >= 11 is 0. The van der Waals surface area contributed by atoms with Gasteiger partial charge in [-0.15, -0.1) is 0 Å². The first kappa shape index (κ1) is 18.5. The predicted octanol–water partition coefficient (Wildman–Crippen LogP) is 4.22. The van der Waals surface area contributed by atoms with Crippen LogP contribution in [0.15, 0.2) is 55.1 Å². The van der Waals surface area contributed by atoms with Crippen molar-refractivity contribution in [2.45, 2.75) is 33.2 Å². The molecule has 130 valence electrons. The van der Waals surface area contributed by atoms with Crippen molar-refractivity contribution in [1.82, 2.24) is 10.4 Å². The van der Waals surface area contributed by atoms with Gasteiger partial charge in [-0.05, 0) is 57.5 Å². The van der Waals surface area contributed by atoms with Gasteiger partial charge in [0, 0.05) is 11.1 Å². The van der Waals surface area contributed by atoms with Crippen LogP contribution in [-0.2, 0) is 0 Å². The molecule has 1 N–H and O–H groups in total. The summed E-state index contributed by atoms with van der Waals surface area (Å²) in [6.07, 6.45) is 1.71. The van der Waals surface area contributed by atoms with Gasteiger partial charge in [0.05, 0.1) is 5.54 Å². The van der Waals surface area contributed by atoms with Gasteiger partial charge in [0.1, 0.15) is 0 Å². The predicted molar refractivity (Wildman–Crippen MR) is 101 cm³/mol. The van der Waals surface area contributed by atoms with Crippen LogP contribution < -0.4 is 5.43 Å². The lowest BCUT2D eigenvalue weighted by Crippen LogP contribution is -2.55. The number of hydrazine groups is 1. The number of amides is 2. The van der Waals surface area contributed by atoms with Crippen molar-refractivity contribution in [2.75, 3.05) is 0 Å². The molecule has 4 heteroatoms. The summed E-state index contributed by atoms with van der Waals surface area (Å²) in [5.41, 5.74) is 5.12. The molecule has 0 saturated heterocycles. The van der Waals surface area contributed by atoms with Gasteiger partial charge < -0.3 is 0 Å². The number of nitrogens with zero attached hydrogens (tertiary/aromatic N) is 1. The Morgan fingerprint density at radius 3 is 2.20 bits per heavy atom. The molecule has 0 bridgehead atoms. The lowest BCUT2D eigenvalue weighted by atomic mass is 10.1. The van der Waals surface area contributed by atoms with E-state index in [0.717, 1.165) is 11.1 Å². The van der Waals surface area contributed by atoms with Crippen molar-refractivity contribution >= 4 is 17.9 Å². The maximum atomic E-state index is 12.9. The number of rotatable bonds is 3. The summed E-state index contributed by atoms with van der Waals surface area (Å²) in [4.78, 5) is 25.5. The minimum atomic E-state index is -0.572. The molecule has 0 radical (unpaired) electrons. The lowest BCUT2D eigenvalue weighted by Gasteiger charge is -2.35. The Kier molecular flexibility index (Phi) is 5.42. The molecule has 0 saturated carbocycles. The summed E-state index contributed by atoms with van der Waals surface area (Å²) in [5.74, 6) is -0.571. The van der Waals surface area contributed by atoms with Gasteiger partial charge in [-0.3, -0.25) is 15.0 Å². The smallest absolute Gasteiger partial charge is 0.267 e. The highest BCUT2D eigenvalue weighted by molar-refractivity contribution is 5.99. The van der Waals surface area contributed by atoms with Crippen LogP contribution in [-0.4, -0.2) is 22.4 Å². The second-order valence-electron chi connectivity index (χ2n) is 6.95. The molecule has 2 amide bonds. The van der Waals surface area contributed by atoms with Gasteiger partial charge in [-0.2, -0.15) is 0 Å². The van der Waals surface area contributed by atoms with Crippen LogP contribution in [0.5, 0.6) is 0 Å². The van der Waals surface area contributed by atoms with Gasteiger partial charge >= 0.3 is 0 Å². The average Bonchev–Trinajstić information content (AvgIpc) is 2.58. The zero-order valence-electron chi connectivity index (χ0n) is 15.2. The Hall–Kier alpha value is -2.88. The molecular weight excluding hydrogens is 312 g/mol. The van der Waals surface area contributed by atoms with Gasteiger partial charge in [-0.1, -0.05) is 42.5 Å².